The largest absolute Gasteiger partial charge is 0.433 e. The molecule has 0 unspecified atom stereocenters. The van der Waals surface area contributed by atoms with Gasteiger partial charge in [-0.05, 0) is 12.1 Å². The van der Waals surface area contributed by atoms with Crippen LogP contribution in [0.1, 0.15) is 5.89 Å². The average Bonchev–Trinajstić information content (AvgIpc) is 2.48. The third-order valence-corrected chi connectivity index (χ3v) is 2.25. The van der Waals surface area contributed by atoms with Gasteiger partial charge in [0.2, 0.25) is 0 Å². The van der Waals surface area contributed by atoms with Gasteiger partial charge in [0.25, 0.3) is 5.89 Å². The number of halogens is 4. The van der Waals surface area contributed by atoms with Gasteiger partial charge < -0.3 is 4.42 Å². The van der Waals surface area contributed by atoms with Crippen LogP contribution < -0.4 is 0 Å². The SMILES string of the molecule is FC(F)(Br)c1nc2cccc(Cl)c2o1. The van der Waals surface area contributed by atoms with Crippen LogP contribution in [-0.2, 0) is 4.83 Å². The molecule has 14 heavy (non-hydrogen) atoms. The molecular formula is C8H3BrClF2NO. The molecule has 1 aromatic heterocycles. The van der Waals surface area contributed by atoms with Crippen molar-refractivity contribution >= 4 is 38.6 Å². The summed E-state index contributed by atoms with van der Waals surface area (Å²) in [6.45, 7) is 0. The predicted octanol–water partition coefficient (Wildman–Crippen LogP) is 3.93. The van der Waals surface area contributed by atoms with Gasteiger partial charge in [-0.25, -0.2) is 4.98 Å². The van der Waals surface area contributed by atoms with E-state index in [2.05, 4.69) is 20.9 Å². The first-order valence-electron chi connectivity index (χ1n) is 3.61. The molecule has 6 heteroatoms. The number of oxazole rings is 1. The maximum Gasteiger partial charge on any atom is 0.375 e. The van der Waals surface area contributed by atoms with Crippen molar-refractivity contribution in [1.82, 2.24) is 4.98 Å². The molecule has 0 saturated heterocycles. The quantitative estimate of drug-likeness (QED) is 0.741. The highest BCUT2D eigenvalue weighted by atomic mass is 79.9. The van der Waals surface area contributed by atoms with E-state index in [1.165, 1.54) is 0 Å². The highest BCUT2D eigenvalue weighted by Crippen LogP contribution is 2.36. The van der Waals surface area contributed by atoms with Gasteiger partial charge in [-0.3, -0.25) is 0 Å². The number of fused-ring (bicyclic) bond motifs is 1. The van der Waals surface area contributed by atoms with Gasteiger partial charge in [-0.1, -0.05) is 17.7 Å². The topological polar surface area (TPSA) is 26.0 Å². The third-order valence-electron chi connectivity index (χ3n) is 1.61. The van der Waals surface area contributed by atoms with E-state index in [1.54, 1.807) is 18.2 Å². The van der Waals surface area contributed by atoms with E-state index in [-0.39, 0.29) is 10.6 Å². The van der Waals surface area contributed by atoms with Crippen molar-refractivity contribution < 1.29 is 13.2 Å². The molecule has 0 fully saturated rings. The predicted molar refractivity (Wildman–Crippen MR) is 51.8 cm³/mol. The molecule has 1 heterocycles. The van der Waals surface area contributed by atoms with E-state index in [0.717, 1.165) is 0 Å². The highest BCUT2D eigenvalue weighted by Gasteiger charge is 2.34. The van der Waals surface area contributed by atoms with Gasteiger partial charge in [0.1, 0.15) is 5.52 Å². The fourth-order valence-corrected chi connectivity index (χ4v) is 1.41. The van der Waals surface area contributed by atoms with Crippen LogP contribution in [0.2, 0.25) is 5.02 Å². The Morgan fingerprint density at radius 2 is 2.14 bits per heavy atom. The molecule has 74 valence electrons. The standard InChI is InChI=1S/C8H3BrClF2NO/c9-8(11,12)7-13-5-3-1-2-4(10)6(5)14-7/h1-3H. The van der Waals surface area contributed by atoms with Crippen molar-refractivity contribution in [2.24, 2.45) is 0 Å². The Balaban J connectivity index is 2.69. The van der Waals surface area contributed by atoms with E-state index in [4.69, 9.17) is 16.0 Å². The zero-order valence-corrected chi connectivity index (χ0v) is 8.94. The molecule has 0 saturated carbocycles. The highest BCUT2D eigenvalue weighted by molar-refractivity contribution is 9.09. The lowest BCUT2D eigenvalue weighted by atomic mass is 10.3. The molecular weight excluding hydrogens is 279 g/mol. The van der Waals surface area contributed by atoms with E-state index in [9.17, 15) is 8.78 Å². The van der Waals surface area contributed by atoms with Crippen LogP contribution >= 0.6 is 27.5 Å². The molecule has 0 spiro atoms. The van der Waals surface area contributed by atoms with Crippen LogP contribution in [0.4, 0.5) is 8.78 Å². The Kier molecular flexibility index (Phi) is 2.23. The minimum absolute atomic E-state index is 0.170. The Hall–Kier alpha value is -0.680. The minimum Gasteiger partial charge on any atom is -0.433 e. The van der Waals surface area contributed by atoms with Crippen molar-refractivity contribution in [3.63, 3.8) is 0 Å². The number of alkyl halides is 3. The van der Waals surface area contributed by atoms with E-state index >= 15 is 0 Å². The number of benzene rings is 1. The number of aromatic nitrogens is 1. The molecule has 2 rings (SSSR count). The lowest BCUT2D eigenvalue weighted by molar-refractivity contribution is 0.0824. The molecule has 0 atom stereocenters. The number of hydrogen-bond donors (Lipinski definition) is 0. The first-order chi connectivity index (χ1) is 6.48. The number of nitrogens with zero attached hydrogens (tertiary/aromatic N) is 1. The van der Waals surface area contributed by atoms with Crippen LogP contribution in [-0.4, -0.2) is 4.98 Å². The Bertz CT molecular complexity index is 480. The molecule has 0 aliphatic rings. The fourth-order valence-electron chi connectivity index (χ4n) is 1.04. The van der Waals surface area contributed by atoms with Gasteiger partial charge in [0, 0.05) is 15.9 Å². The monoisotopic (exact) mass is 281 g/mol. The van der Waals surface area contributed by atoms with Gasteiger partial charge in [-0.2, -0.15) is 8.78 Å². The molecule has 0 bridgehead atoms. The summed E-state index contributed by atoms with van der Waals surface area (Å²) in [5.74, 6) is -0.694. The van der Waals surface area contributed by atoms with Crippen molar-refractivity contribution in [3.8, 4) is 0 Å². The number of para-hydroxylation sites is 1. The summed E-state index contributed by atoms with van der Waals surface area (Å²) in [6.07, 6.45) is 0. The minimum atomic E-state index is -3.27. The summed E-state index contributed by atoms with van der Waals surface area (Å²) in [6, 6.07) is 4.71. The molecule has 1 aromatic carbocycles. The summed E-state index contributed by atoms with van der Waals surface area (Å²) in [5.41, 5.74) is 0.481. The Labute approximate surface area is 91.0 Å². The van der Waals surface area contributed by atoms with Gasteiger partial charge >= 0.3 is 4.83 Å². The summed E-state index contributed by atoms with van der Waals surface area (Å²) in [4.78, 5) is 0.328. The molecule has 2 aromatic rings. The Morgan fingerprint density at radius 3 is 2.71 bits per heavy atom. The maximum atomic E-state index is 12.7. The van der Waals surface area contributed by atoms with Gasteiger partial charge in [0.15, 0.2) is 5.58 Å². The number of hydrogen-bond acceptors (Lipinski definition) is 2. The first kappa shape index (κ1) is 9.86. The van der Waals surface area contributed by atoms with Gasteiger partial charge in [0.05, 0.1) is 5.02 Å². The van der Waals surface area contributed by atoms with Crippen LogP contribution in [0, 0.1) is 0 Å². The van der Waals surface area contributed by atoms with Crippen LogP contribution in [0.5, 0.6) is 0 Å². The summed E-state index contributed by atoms with van der Waals surface area (Å²) >= 11 is 7.88. The van der Waals surface area contributed by atoms with Gasteiger partial charge in [-0.15, -0.1) is 0 Å². The normalized spacial score (nSPS) is 12.3. The zero-order valence-electron chi connectivity index (χ0n) is 6.60. The van der Waals surface area contributed by atoms with Crippen LogP contribution in [0.3, 0.4) is 0 Å². The lowest BCUT2D eigenvalue weighted by Crippen LogP contribution is -2.01. The zero-order chi connectivity index (χ0) is 10.3. The first-order valence-corrected chi connectivity index (χ1v) is 4.78. The summed E-state index contributed by atoms with van der Waals surface area (Å²) in [7, 11) is 0. The molecule has 0 aliphatic heterocycles. The molecule has 2 nitrogen and oxygen atoms in total. The smallest absolute Gasteiger partial charge is 0.375 e. The molecule has 0 amide bonds. The summed E-state index contributed by atoms with van der Waals surface area (Å²) < 4.78 is 30.3. The fraction of sp³-hybridized carbons (Fsp3) is 0.125. The lowest BCUT2D eigenvalue weighted by Gasteiger charge is -1.99. The van der Waals surface area contributed by atoms with E-state index < -0.39 is 10.7 Å². The molecule has 0 radical (unpaired) electrons. The second-order valence-electron chi connectivity index (χ2n) is 2.60. The van der Waals surface area contributed by atoms with Crippen molar-refractivity contribution in [3.05, 3.63) is 29.1 Å². The van der Waals surface area contributed by atoms with Crippen molar-refractivity contribution in [2.75, 3.05) is 0 Å². The molecule has 0 aliphatic carbocycles. The second kappa shape index (κ2) is 3.17. The van der Waals surface area contributed by atoms with E-state index in [1.807, 2.05) is 0 Å². The van der Waals surface area contributed by atoms with Crippen molar-refractivity contribution in [1.29, 1.82) is 0 Å². The van der Waals surface area contributed by atoms with Crippen molar-refractivity contribution in [2.45, 2.75) is 4.83 Å². The van der Waals surface area contributed by atoms with Crippen LogP contribution in [0.15, 0.2) is 22.6 Å². The van der Waals surface area contributed by atoms with Crippen LogP contribution in [0.25, 0.3) is 11.1 Å². The maximum absolute atomic E-state index is 12.7. The average molecular weight is 282 g/mol. The third kappa shape index (κ3) is 1.62. The Morgan fingerprint density at radius 1 is 1.43 bits per heavy atom. The second-order valence-corrected chi connectivity index (χ2v) is 4.01. The molecule has 0 N–H and O–H groups in total. The van der Waals surface area contributed by atoms with E-state index in [0.29, 0.717) is 5.52 Å². The number of rotatable bonds is 1. The summed E-state index contributed by atoms with van der Waals surface area (Å²) in [5, 5.41) is 0.262.